The van der Waals surface area contributed by atoms with Crippen LogP contribution in [0.1, 0.15) is 45.4 Å². The SMILES string of the molecule is CC(C)C1CC(NCC(C)(C)c2cccs2)C1. The van der Waals surface area contributed by atoms with Crippen LogP contribution < -0.4 is 5.32 Å². The summed E-state index contributed by atoms with van der Waals surface area (Å²) in [5.74, 6) is 1.82. The first-order valence-electron chi connectivity index (χ1n) is 6.76. The Kier molecular flexibility index (Phi) is 3.94. The van der Waals surface area contributed by atoms with Crippen LogP contribution in [0.2, 0.25) is 0 Å². The van der Waals surface area contributed by atoms with Gasteiger partial charge in [0.05, 0.1) is 0 Å². The molecule has 1 N–H and O–H groups in total. The van der Waals surface area contributed by atoms with E-state index in [1.54, 1.807) is 0 Å². The minimum Gasteiger partial charge on any atom is -0.313 e. The van der Waals surface area contributed by atoms with Gasteiger partial charge in [0.25, 0.3) is 0 Å². The largest absolute Gasteiger partial charge is 0.313 e. The number of rotatable bonds is 5. The van der Waals surface area contributed by atoms with E-state index >= 15 is 0 Å². The summed E-state index contributed by atoms with van der Waals surface area (Å²) in [6.45, 7) is 10.5. The molecule has 17 heavy (non-hydrogen) atoms. The minimum atomic E-state index is 0.275. The number of hydrogen-bond acceptors (Lipinski definition) is 2. The van der Waals surface area contributed by atoms with Gasteiger partial charge in [0.15, 0.2) is 0 Å². The molecule has 0 atom stereocenters. The molecule has 0 bridgehead atoms. The average Bonchev–Trinajstić information content (AvgIpc) is 2.67. The van der Waals surface area contributed by atoms with Gasteiger partial charge in [0, 0.05) is 22.9 Å². The van der Waals surface area contributed by atoms with Gasteiger partial charge in [-0.25, -0.2) is 0 Å². The van der Waals surface area contributed by atoms with E-state index in [0.717, 1.165) is 24.4 Å². The third-order valence-corrected chi connectivity index (χ3v) is 5.37. The number of hydrogen-bond donors (Lipinski definition) is 1. The zero-order valence-corrected chi connectivity index (χ0v) is 12.3. The van der Waals surface area contributed by atoms with Gasteiger partial charge in [-0.05, 0) is 36.1 Å². The predicted octanol–water partition coefficient (Wildman–Crippen LogP) is 4.05. The molecule has 0 saturated heterocycles. The maximum Gasteiger partial charge on any atom is 0.0115 e. The number of nitrogens with one attached hydrogen (secondary N) is 1. The van der Waals surface area contributed by atoms with E-state index < -0.39 is 0 Å². The third-order valence-electron chi connectivity index (χ3n) is 4.14. The molecule has 1 aromatic rings. The number of thiophene rings is 1. The Morgan fingerprint density at radius 1 is 1.41 bits per heavy atom. The molecular weight excluding hydrogens is 226 g/mol. The van der Waals surface area contributed by atoms with Crippen LogP contribution in [0.25, 0.3) is 0 Å². The lowest BCUT2D eigenvalue weighted by molar-refractivity contribution is 0.163. The summed E-state index contributed by atoms with van der Waals surface area (Å²) in [5, 5.41) is 5.91. The molecule has 1 aliphatic rings. The van der Waals surface area contributed by atoms with E-state index in [4.69, 9.17) is 0 Å². The second-order valence-corrected chi connectivity index (χ2v) is 7.36. The van der Waals surface area contributed by atoms with Gasteiger partial charge in [-0.1, -0.05) is 33.8 Å². The summed E-state index contributed by atoms with van der Waals surface area (Å²) < 4.78 is 0. The molecule has 1 aliphatic carbocycles. The first-order valence-corrected chi connectivity index (χ1v) is 7.64. The van der Waals surface area contributed by atoms with Gasteiger partial charge >= 0.3 is 0 Å². The van der Waals surface area contributed by atoms with Crippen LogP contribution >= 0.6 is 11.3 Å². The van der Waals surface area contributed by atoms with Crippen molar-refractivity contribution < 1.29 is 0 Å². The van der Waals surface area contributed by atoms with Crippen molar-refractivity contribution in [2.24, 2.45) is 11.8 Å². The monoisotopic (exact) mass is 251 g/mol. The summed E-state index contributed by atoms with van der Waals surface area (Å²) in [4.78, 5) is 1.49. The molecule has 1 fully saturated rings. The highest BCUT2D eigenvalue weighted by Gasteiger charge is 2.32. The lowest BCUT2D eigenvalue weighted by Gasteiger charge is -2.40. The molecule has 1 aromatic heterocycles. The van der Waals surface area contributed by atoms with E-state index in [9.17, 15) is 0 Å². The van der Waals surface area contributed by atoms with Gasteiger partial charge in [-0.15, -0.1) is 11.3 Å². The zero-order chi connectivity index (χ0) is 12.5. The van der Waals surface area contributed by atoms with E-state index in [-0.39, 0.29) is 5.41 Å². The molecule has 96 valence electrons. The van der Waals surface area contributed by atoms with Crippen LogP contribution in [-0.2, 0) is 5.41 Å². The Hall–Kier alpha value is -0.340. The fourth-order valence-electron chi connectivity index (χ4n) is 2.52. The Labute approximate surface area is 110 Å². The molecule has 0 radical (unpaired) electrons. The van der Waals surface area contributed by atoms with Gasteiger partial charge in [-0.3, -0.25) is 0 Å². The lowest BCUT2D eigenvalue weighted by atomic mass is 9.73. The molecule has 0 aliphatic heterocycles. The van der Waals surface area contributed by atoms with Crippen LogP contribution in [0.15, 0.2) is 17.5 Å². The highest BCUT2D eigenvalue weighted by Crippen LogP contribution is 2.34. The summed E-state index contributed by atoms with van der Waals surface area (Å²) in [6, 6.07) is 5.17. The molecule has 1 heterocycles. The second-order valence-electron chi connectivity index (χ2n) is 6.41. The van der Waals surface area contributed by atoms with Crippen molar-refractivity contribution in [1.29, 1.82) is 0 Å². The molecule has 0 aromatic carbocycles. The zero-order valence-electron chi connectivity index (χ0n) is 11.5. The van der Waals surface area contributed by atoms with Crippen molar-refractivity contribution in [1.82, 2.24) is 5.32 Å². The molecule has 2 rings (SSSR count). The predicted molar refractivity (Wildman–Crippen MR) is 76.7 cm³/mol. The van der Waals surface area contributed by atoms with Gasteiger partial charge in [0.1, 0.15) is 0 Å². The Bertz CT molecular complexity index is 334. The van der Waals surface area contributed by atoms with Gasteiger partial charge in [0.2, 0.25) is 0 Å². The summed E-state index contributed by atoms with van der Waals surface area (Å²) in [5.41, 5.74) is 0.275. The van der Waals surface area contributed by atoms with Gasteiger partial charge in [-0.2, -0.15) is 0 Å². The van der Waals surface area contributed by atoms with Gasteiger partial charge < -0.3 is 5.32 Å². The lowest BCUT2D eigenvalue weighted by Crippen LogP contribution is -2.47. The maximum atomic E-state index is 3.74. The van der Waals surface area contributed by atoms with Crippen LogP contribution in [0.4, 0.5) is 0 Å². The maximum absolute atomic E-state index is 3.74. The Morgan fingerprint density at radius 3 is 2.65 bits per heavy atom. The fourth-order valence-corrected chi connectivity index (χ4v) is 3.38. The normalized spacial score (nSPS) is 25.0. The van der Waals surface area contributed by atoms with Crippen LogP contribution in [0.5, 0.6) is 0 Å². The van der Waals surface area contributed by atoms with Crippen molar-refractivity contribution in [2.45, 2.75) is 52.0 Å². The average molecular weight is 251 g/mol. The van der Waals surface area contributed by atoms with Crippen LogP contribution in [-0.4, -0.2) is 12.6 Å². The molecule has 0 amide bonds. The molecule has 1 saturated carbocycles. The molecular formula is C15H25NS. The van der Waals surface area contributed by atoms with Crippen molar-refractivity contribution in [3.63, 3.8) is 0 Å². The standard InChI is InChI=1S/C15H25NS/c1-11(2)12-8-13(9-12)16-10-15(3,4)14-6-5-7-17-14/h5-7,11-13,16H,8-10H2,1-4H3. The van der Waals surface area contributed by atoms with Crippen molar-refractivity contribution in [3.8, 4) is 0 Å². The molecule has 0 unspecified atom stereocenters. The third kappa shape index (κ3) is 3.11. The van der Waals surface area contributed by atoms with Crippen molar-refractivity contribution in [2.75, 3.05) is 6.54 Å². The summed E-state index contributed by atoms with van der Waals surface area (Å²) >= 11 is 1.87. The van der Waals surface area contributed by atoms with Crippen LogP contribution in [0.3, 0.4) is 0 Å². The van der Waals surface area contributed by atoms with E-state index in [1.165, 1.54) is 17.7 Å². The molecule has 1 nitrogen and oxygen atoms in total. The highest BCUT2D eigenvalue weighted by molar-refractivity contribution is 7.10. The Morgan fingerprint density at radius 2 is 2.12 bits per heavy atom. The Balaban J connectivity index is 1.76. The quantitative estimate of drug-likeness (QED) is 0.832. The minimum absolute atomic E-state index is 0.275. The first kappa shape index (κ1) is 13.1. The topological polar surface area (TPSA) is 12.0 Å². The molecule has 0 spiro atoms. The first-order chi connectivity index (χ1) is 7.99. The summed E-state index contributed by atoms with van der Waals surface area (Å²) in [7, 11) is 0. The molecule has 2 heteroatoms. The smallest absolute Gasteiger partial charge is 0.0115 e. The summed E-state index contributed by atoms with van der Waals surface area (Å²) in [6.07, 6.45) is 2.75. The van der Waals surface area contributed by atoms with E-state index in [0.29, 0.717) is 0 Å². The van der Waals surface area contributed by atoms with E-state index in [2.05, 4.69) is 50.5 Å². The highest BCUT2D eigenvalue weighted by atomic mass is 32.1. The van der Waals surface area contributed by atoms with Crippen molar-refractivity contribution in [3.05, 3.63) is 22.4 Å². The van der Waals surface area contributed by atoms with Crippen molar-refractivity contribution >= 4 is 11.3 Å². The van der Waals surface area contributed by atoms with E-state index in [1.807, 2.05) is 11.3 Å². The fraction of sp³-hybridized carbons (Fsp3) is 0.733. The second kappa shape index (κ2) is 5.11. The van der Waals surface area contributed by atoms with Crippen LogP contribution in [0, 0.1) is 11.8 Å².